The van der Waals surface area contributed by atoms with Crippen LogP contribution in [0.25, 0.3) is 6.08 Å². The molecule has 4 nitrogen and oxygen atoms in total. The van der Waals surface area contributed by atoms with Crippen LogP contribution in [-0.4, -0.2) is 44.1 Å². The van der Waals surface area contributed by atoms with E-state index >= 15 is 0 Å². The molecule has 4 heteroatoms. The zero-order valence-electron chi connectivity index (χ0n) is 15.2. The summed E-state index contributed by atoms with van der Waals surface area (Å²) in [6.07, 6.45) is 7.37. The molecule has 0 spiro atoms. The van der Waals surface area contributed by atoms with Crippen LogP contribution in [0.1, 0.15) is 37.3 Å². The number of carbonyl (C=O) groups is 1. The second kappa shape index (κ2) is 9.48. The van der Waals surface area contributed by atoms with Crippen molar-refractivity contribution < 1.29 is 9.53 Å². The van der Waals surface area contributed by atoms with Crippen LogP contribution in [0.5, 0.6) is 5.75 Å². The van der Waals surface area contributed by atoms with Gasteiger partial charge < -0.3 is 15.0 Å². The molecule has 1 N–H and O–H groups in total. The Labute approximate surface area is 145 Å². The first kappa shape index (κ1) is 18.5. The van der Waals surface area contributed by atoms with Crippen LogP contribution >= 0.6 is 0 Å². The number of likely N-dealkylation sites (tertiary alicyclic amines) is 1. The third-order valence-electron chi connectivity index (χ3n) is 4.44. The monoisotopic (exact) mass is 330 g/mol. The number of hydrogen-bond acceptors (Lipinski definition) is 3. The standard InChI is InChI=1S/C20H30N2O2/c1-16-7-9-19(24-3)18(13-16)8-10-20(23)21-14-17(2)15-22-11-5-4-6-12-22/h7-10,13,17H,4-6,11-12,14-15H2,1-3H3,(H,21,23)/b10-8+. The molecule has 24 heavy (non-hydrogen) atoms. The number of nitrogens with one attached hydrogen (secondary N) is 1. The molecule has 1 amide bonds. The molecule has 1 heterocycles. The summed E-state index contributed by atoms with van der Waals surface area (Å²) in [6, 6.07) is 5.94. The van der Waals surface area contributed by atoms with Gasteiger partial charge in [-0.3, -0.25) is 4.79 Å². The van der Waals surface area contributed by atoms with Crippen LogP contribution < -0.4 is 10.1 Å². The van der Waals surface area contributed by atoms with Crippen molar-refractivity contribution in [2.45, 2.75) is 33.1 Å². The SMILES string of the molecule is COc1ccc(C)cc1/C=C/C(=O)NCC(C)CN1CCCCC1. The van der Waals surface area contributed by atoms with E-state index in [4.69, 9.17) is 4.74 Å². The van der Waals surface area contributed by atoms with Gasteiger partial charge in [-0.15, -0.1) is 0 Å². The number of benzene rings is 1. The second-order valence-corrected chi connectivity index (χ2v) is 6.79. The highest BCUT2D eigenvalue weighted by Gasteiger charge is 2.13. The molecule has 1 unspecified atom stereocenters. The predicted octanol–water partition coefficient (Wildman–Crippen LogP) is 3.26. The fraction of sp³-hybridized carbons (Fsp3) is 0.550. The molecular weight excluding hydrogens is 300 g/mol. The van der Waals surface area contributed by atoms with Gasteiger partial charge in [-0.2, -0.15) is 0 Å². The van der Waals surface area contributed by atoms with E-state index in [1.807, 2.05) is 31.2 Å². The molecule has 2 rings (SSSR count). The Hall–Kier alpha value is -1.81. The van der Waals surface area contributed by atoms with Crippen LogP contribution in [0.2, 0.25) is 0 Å². The zero-order valence-corrected chi connectivity index (χ0v) is 15.2. The minimum atomic E-state index is -0.0518. The van der Waals surface area contributed by atoms with Gasteiger partial charge in [-0.05, 0) is 57.0 Å². The van der Waals surface area contributed by atoms with E-state index in [0.717, 1.165) is 23.4 Å². The van der Waals surface area contributed by atoms with Gasteiger partial charge in [0.15, 0.2) is 0 Å². The van der Waals surface area contributed by atoms with Crippen LogP contribution in [0.15, 0.2) is 24.3 Å². The Morgan fingerprint density at radius 3 is 2.79 bits per heavy atom. The Balaban J connectivity index is 1.79. The number of methoxy groups -OCH3 is 1. The molecule has 1 atom stereocenters. The van der Waals surface area contributed by atoms with E-state index in [2.05, 4.69) is 17.1 Å². The van der Waals surface area contributed by atoms with Gasteiger partial charge in [-0.25, -0.2) is 0 Å². The maximum Gasteiger partial charge on any atom is 0.244 e. The lowest BCUT2D eigenvalue weighted by atomic mass is 10.1. The number of hydrogen-bond donors (Lipinski definition) is 1. The average Bonchev–Trinajstić information content (AvgIpc) is 2.59. The Kier molecular flexibility index (Phi) is 7.32. The topological polar surface area (TPSA) is 41.6 Å². The Bertz CT molecular complexity index is 563. The minimum absolute atomic E-state index is 0.0518. The van der Waals surface area contributed by atoms with E-state index in [9.17, 15) is 4.79 Å². The fourth-order valence-corrected chi connectivity index (χ4v) is 3.13. The highest BCUT2D eigenvalue weighted by molar-refractivity contribution is 5.92. The molecule has 1 fully saturated rings. The molecule has 1 aliphatic heterocycles. The molecule has 0 bridgehead atoms. The molecule has 1 aliphatic rings. The van der Waals surface area contributed by atoms with Crippen LogP contribution in [0.4, 0.5) is 0 Å². The van der Waals surface area contributed by atoms with Gasteiger partial charge in [0.2, 0.25) is 5.91 Å². The maximum atomic E-state index is 12.0. The summed E-state index contributed by atoms with van der Waals surface area (Å²) in [6.45, 7) is 8.40. The fourth-order valence-electron chi connectivity index (χ4n) is 3.13. The molecule has 1 aromatic carbocycles. The van der Waals surface area contributed by atoms with Crippen molar-refractivity contribution in [1.29, 1.82) is 0 Å². The van der Waals surface area contributed by atoms with Gasteiger partial charge in [0, 0.05) is 24.7 Å². The van der Waals surface area contributed by atoms with E-state index in [1.54, 1.807) is 13.2 Å². The quantitative estimate of drug-likeness (QED) is 0.780. The number of amides is 1. The van der Waals surface area contributed by atoms with Gasteiger partial charge in [0.25, 0.3) is 0 Å². The third-order valence-corrected chi connectivity index (χ3v) is 4.44. The van der Waals surface area contributed by atoms with E-state index < -0.39 is 0 Å². The van der Waals surface area contributed by atoms with Crippen molar-refractivity contribution >= 4 is 12.0 Å². The summed E-state index contributed by atoms with van der Waals surface area (Å²) in [7, 11) is 1.64. The highest BCUT2D eigenvalue weighted by Crippen LogP contribution is 2.20. The summed E-state index contributed by atoms with van der Waals surface area (Å²) in [5.74, 6) is 1.20. The smallest absolute Gasteiger partial charge is 0.244 e. The Morgan fingerprint density at radius 2 is 2.08 bits per heavy atom. The lowest BCUT2D eigenvalue weighted by Crippen LogP contribution is -2.37. The molecule has 0 saturated carbocycles. The normalized spacial score (nSPS) is 17.0. The summed E-state index contributed by atoms with van der Waals surface area (Å²) >= 11 is 0. The van der Waals surface area contributed by atoms with Crippen molar-refractivity contribution in [3.8, 4) is 5.75 Å². The lowest BCUT2D eigenvalue weighted by molar-refractivity contribution is -0.116. The predicted molar refractivity (Wildman–Crippen MR) is 99.2 cm³/mol. The number of ether oxygens (including phenoxy) is 1. The minimum Gasteiger partial charge on any atom is -0.496 e. The summed E-state index contributed by atoms with van der Waals surface area (Å²) in [4.78, 5) is 14.6. The third kappa shape index (κ3) is 6.00. The molecule has 0 aromatic heterocycles. The number of aryl methyl sites for hydroxylation is 1. The van der Waals surface area contributed by atoms with E-state index in [1.165, 1.54) is 32.4 Å². The molecule has 1 aromatic rings. The summed E-state index contributed by atoms with van der Waals surface area (Å²) in [5, 5.41) is 3.00. The van der Waals surface area contributed by atoms with Crippen LogP contribution in [0, 0.1) is 12.8 Å². The molecule has 0 radical (unpaired) electrons. The number of rotatable bonds is 7. The molecule has 1 saturated heterocycles. The Morgan fingerprint density at radius 1 is 1.33 bits per heavy atom. The zero-order chi connectivity index (χ0) is 17.4. The first-order valence-corrected chi connectivity index (χ1v) is 8.91. The number of nitrogens with zero attached hydrogens (tertiary/aromatic N) is 1. The second-order valence-electron chi connectivity index (χ2n) is 6.79. The first-order valence-electron chi connectivity index (χ1n) is 8.91. The van der Waals surface area contributed by atoms with Gasteiger partial charge in [0.1, 0.15) is 5.75 Å². The van der Waals surface area contributed by atoms with Crippen LogP contribution in [0.3, 0.4) is 0 Å². The van der Waals surface area contributed by atoms with Gasteiger partial charge in [0.05, 0.1) is 7.11 Å². The van der Waals surface area contributed by atoms with Crippen molar-refractivity contribution in [3.63, 3.8) is 0 Å². The summed E-state index contributed by atoms with van der Waals surface area (Å²) in [5.41, 5.74) is 2.07. The maximum absolute atomic E-state index is 12.0. The molecule has 132 valence electrons. The van der Waals surface area contributed by atoms with E-state index in [0.29, 0.717) is 12.5 Å². The van der Waals surface area contributed by atoms with E-state index in [-0.39, 0.29) is 5.91 Å². The molecular formula is C20H30N2O2. The number of piperidine rings is 1. The highest BCUT2D eigenvalue weighted by atomic mass is 16.5. The first-order chi connectivity index (χ1) is 11.6. The number of carbonyl (C=O) groups excluding carboxylic acids is 1. The molecule has 0 aliphatic carbocycles. The largest absolute Gasteiger partial charge is 0.496 e. The van der Waals surface area contributed by atoms with Gasteiger partial charge in [-0.1, -0.05) is 25.0 Å². The average molecular weight is 330 g/mol. The van der Waals surface area contributed by atoms with Crippen molar-refractivity contribution in [2.75, 3.05) is 33.3 Å². The summed E-state index contributed by atoms with van der Waals surface area (Å²) < 4.78 is 5.33. The lowest BCUT2D eigenvalue weighted by Gasteiger charge is -2.29. The van der Waals surface area contributed by atoms with Crippen LogP contribution in [-0.2, 0) is 4.79 Å². The van der Waals surface area contributed by atoms with Gasteiger partial charge >= 0.3 is 0 Å². The van der Waals surface area contributed by atoms with Crippen molar-refractivity contribution in [1.82, 2.24) is 10.2 Å². The van der Waals surface area contributed by atoms with Crippen molar-refractivity contribution in [3.05, 3.63) is 35.4 Å². The van der Waals surface area contributed by atoms with Crippen molar-refractivity contribution in [2.24, 2.45) is 5.92 Å².